The van der Waals surface area contributed by atoms with Crippen LogP contribution in [0.4, 0.5) is 0 Å². The first kappa shape index (κ1) is 10.3. The maximum atomic E-state index is 11.9. The van der Waals surface area contributed by atoms with Gasteiger partial charge in [0.2, 0.25) is 5.91 Å². The molecule has 0 heterocycles. The molecule has 2 unspecified atom stereocenters. The zero-order chi connectivity index (χ0) is 10.1. The van der Waals surface area contributed by atoms with Crippen LogP contribution < -0.4 is 0 Å². The highest BCUT2D eigenvalue weighted by molar-refractivity contribution is 7.98. The van der Waals surface area contributed by atoms with Crippen LogP contribution in [0.15, 0.2) is 0 Å². The van der Waals surface area contributed by atoms with Crippen LogP contribution >= 0.6 is 11.8 Å². The Bertz CT molecular complexity index is 221. The highest BCUT2D eigenvalue weighted by atomic mass is 32.2. The summed E-state index contributed by atoms with van der Waals surface area (Å²) < 4.78 is 0. The van der Waals surface area contributed by atoms with E-state index in [0.717, 1.165) is 24.1 Å². The fraction of sp³-hybridized carbons (Fsp3) is 0.909. The lowest BCUT2D eigenvalue weighted by Gasteiger charge is -2.21. The molecular weight excluding hydrogens is 194 g/mol. The van der Waals surface area contributed by atoms with Crippen molar-refractivity contribution < 1.29 is 4.79 Å². The molecule has 2 saturated carbocycles. The van der Waals surface area contributed by atoms with Crippen LogP contribution in [0.2, 0.25) is 0 Å². The monoisotopic (exact) mass is 213 g/mol. The van der Waals surface area contributed by atoms with Crippen LogP contribution in [0.5, 0.6) is 0 Å². The molecular formula is C11H19NOS. The molecule has 80 valence electrons. The van der Waals surface area contributed by atoms with E-state index in [-0.39, 0.29) is 0 Å². The van der Waals surface area contributed by atoms with Gasteiger partial charge in [0.05, 0.1) is 0 Å². The molecule has 0 aromatic carbocycles. The molecule has 0 aliphatic heterocycles. The van der Waals surface area contributed by atoms with Gasteiger partial charge in [0.15, 0.2) is 0 Å². The van der Waals surface area contributed by atoms with Gasteiger partial charge < -0.3 is 4.90 Å². The summed E-state index contributed by atoms with van der Waals surface area (Å²) in [6.07, 6.45) is 5.83. The van der Waals surface area contributed by atoms with Gasteiger partial charge in [-0.2, -0.15) is 11.8 Å². The van der Waals surface area contributed by atoms with Gasteiger partial charge in [-0.3, -0.25) is 4.79 Å². The Morgan fingerprint density at radius 3 is 2.57 bits per heavy atom. The fourth-order valence-electron chi connectivity index (χ4n) is 2.57. The van der Waals surface area contributed by atoms with Gasteiger partial charge in [-0.25, -0.2) is 0 Å². The maximum absolute atomic E-state index is 11.9. The first-order valence-corrected chi connectivity index (χ1v) is 6.85. The normalized spacial score (nSPS) is 34.0. The van der Waals surface area contributed by atoms with Crippen LogP contribution in [0.1, 0.15) is 19.3 Å². The summed E-state index contributed by atoms with van der Waals surface area (Å²) in [7, 11) is 1.95. The van der Waals surface area contributed by atoms with Gasteiger partial charge in [-0.15, -0.1) is 0 Å². The molecule has 3 heteroatoms. The number of carbonyl (C=O) groups excluding carboxylic acids is 1. The summed E-state index contributed by atoms with van der Waals surface area (Å²) in [6.45, 7) is 0.909. The molecule has 0 bridgehead atoms. The number of amides is 1. The number of carbonyl (C=O) groups is 1. The molecule has 2 aliphatic rings. The third kappa shape index (κ3) is 2.08. The number of hydrogen-bond donors (Lipinski definition) is 0. The molecule has 0 radical (unpaired) electrons. The standard InChI is InChI=1S/C11H19NOS/c1-12(3-4-14-2)11(13)10-6-8-5-9(8)7-10/h8-10H,3-7H2,1-2H3. The van der Waals surface area contributed by atoms with Crippen LogP contribution in [0, 0.1) is 17.8 Å². The van der Waals surface area contributed by atoms with E-state index in [1.54, 1.807) is 11.8 Å². The number of fused-ring (bicyclic) bond motifs is 1. The second-order valence-corrected chi connectivity index (χ2v) is 5.66. The van der Waals surface area contributed by atoms with Crippen molar-refractivity contribution in [3.63, 3.8) is 0 Å². The largest absolute Gasteiger partial charge is 0.345 e. The molecule has 1 amide bonds. The van der Waals surface area contributed by atoms with Crippen molar-refractivity contribution >= 4 is 17.7 Å². The van der Waals surface area contributed by atoms with E-state index in [9.17, 15) is 4.79 Å². The first-order chi connectivity index (χ1) is 6.72. The Morgan fingerprint density at radius 1 is 1.36 bits per heavy atom. The number of hydrogen-bond acceptors (Lipinski definition) is 2. The first-order valence-electron chi connectivity index (χ1n) is 5.46. The lowest BCUT2D eigenvalue weighted by atomic mass is 10.0. The Kier molecular flexibility index (Phi) is 3.05. The minimum atomic E-state index is 0.366. The molecule has 0 saturated heterocycles. The van der Waals surface area contributed by atoms with Crippen molar-refractivity contribution in [1.29, 1.82) is 0 Å². The van der Waals surface area contributed by atoms with Crippen molar-refractivity contribution in [2.75, 3.05) is 25.6 Å². The Balaban J connectivity index is 1.76. The van der Waals surface area contributed by atoms with Crippen LogP contribution in [-0.2, 0) is 4.79 Å². The highest BCUT2D eigenvalue weighted by Gasteiger charge is 2.48. The third-order valence-electron chi connectivity index (χ3n) is 3.60. The zero-order valence-corrected chi connectivity index (χ0v) is 9.85. The topological polar surface area (TPSA) is 20.3 Å². The predicted molar refractivity (Wildman–Crippen MR) is 60.3 cm³/mol. The van der Waals surface area contributed by atoms with Crippen molar-refractivity contribution in [3.8, 4) is 0 Å². The smallest absolute Gasteiger partial charge is 0.225 e. The molecule has 14 heavy (non-hydrogen) atoms. The number of nitrogens with zero attached hydrogens (tertiary/aromatic N) is 1. The summed E-state index contributed by atoms with van der Waals surface area (Å²) in [4.78, 5) is 13.9. The molecule has 2 rings (SSSR count). The average Bonchev–Trinajstić information content (AvgIpc) is 2.81. The van der Waals surface area contributed by atoms with Crippen molar-refractivity contribution in [2.45, 2.75) is 19.3 Å². The van der Waals surface area contributed by atoms with Crippen LogP contribution in [-0.4, -0.2) is 36.4 Å². The maximum Gasteiger partial charge on any atom is 0.225 e. The SMILES string of the molecule is CSCCN(C)C(=O)C1CC2CC2C1. The predicted octanol–water partition coefficient (Wildman–Crippen LogP) is 1.85. The minimum Gasteiger partial charge on any atom is -0.345 e. The van der Waals surface area contributed by atoms with Gasteiger partial charge in [-0.1, -0.05) is 0 Å². The molecule has 0 aromatic rings. The van der Waals surface area contributed by atoms with Gasteiger partial charge >= 0.3 is 0 Å². The summed E-state index contributed by atoms with van der Waals surface area (Å²) in [5.41, 5.74) is 0. The van der Waals surface area contributed by atoms with E-state index in [0.29, 0.717) is 11.8 Å². The van der Waals surface area contributed by atoms with Gasteiger partial charge in [0, 0.05) is 25.3 Å². The Hall–Kier alpha value is -0.180. The lowest BCUT2D eigenvalue weighted by Crippen LogP contribution is -2.34. The van der Waals surface area contributed by atoms with E-state index in [2.05, 4.69) is 6.26 Å². The van der Waals surface area contributed by atoms with Crippen LogP contribution in [0.3, 0.4) is 0 Å². The quantitative estimate of drug-likeness (QED) is 0.710. The molecule has 0 spiro atoms. The Morgan fingerprint density at radius 2 is 2.00 bits per heavy atom. The second-order valence-electron chi connectivity index (χ2n) is 4.68. The molecule has 2 fully saturated rings. The van der Waals surface area contributed by atoms with E-state index in [4.69, 9.17) is 0 Å². The van der Waals surface area contributed by atoms with E-state index < -0.39 is 0 Å². The third-order valence-corrected chi connectivity index (χ3v) is 4.19. The van der Waals surface area contributed by atoms with E-state index in [1.807, 2.05) is 11.9 Å². The van der Waals surface area contributed by atoms with Gasteiger partial charge in [0.25, 0.3) is 0 Å². The molecule has 2 nitrogen and oxygen atoms in total. The second kappa shape index (κ2) is 4.13. The summed E-state index contributed by atoms with van der Waals surface area (Å²) in [5.74, 6) is 3.65. The minimum absolute atomic E-state index is 0.366. The molecule has 0 N–H and O–H groups in total. The average molecular weight is 213 g/mol. The van der Waals surface area contributed by atoms with Crippen molar-refractivity contribution in [3.05, 3.63) is 0 Å². The van der Waals surface area contributed by atoms with E-state index >= 15 is 0 Å². The fourth-order valence-corrected chi connectivity index (χ4v) is 3.02. The number of rotatable bonds is 4. The van der Waals surface area contributed by atoms with Crippen LogP contribution in [0.25, 0.3) is 0 Å². The molecule has 0 aromatic heterocycles. The molecule has 2 atom stereocenters. The lowest BCUT2D eigenvalue weighted by molar-refractivity contribution is -0.134. The van der Waals surface area contributed by atoms with Crippen molar-refractivity contribution in [2.24, 2.45) is 17.8 Å². The molecule has 2 aliphatic carbocycles. The number of thioether (sulfide) groups is 1. The van der Waals surface area contributed by atoms with Gasteiger partial charge in [0.1, 0.15) is 0 Å². The van der Waals surface area contributed by atoms with Crippen molar-refractivity contribution in [1.82, 2.24) is 4.90 Å². The van der Waals surface area contributed by atoms with E-state index in [1.165, 1.54) is 19.3 Å². The summed E-state index contributed by atoms with van der Waals surface area (Å²) in [5, 5.41) is 0. The summed E-state index contributed by atoms with van der Waals surface area (Å²) in [6, 6.07) is 0. The highest BCUT2D eigenvalue weighted by Crippen LogP contribution is 2.54. The van der Waals surface area contributed by atoms with Gasteiger partial charge in [-0.05, 0) is 37.4 Å². The zero-order valence-electron chi connectivity index (χ0n) is 9.03. The summed E-state index contributed by atoms with van der Waals surface area (Å²) >= 11 is 1.81. The Labute approximate surface area is 90.4 Å².